The number of ether oxygens (including phenoxy) is 1. The number of hydrogen-bond donors (Lipinski definition) is 1. The summed E-state index contributed by atoms with van der Waals surface area (Å²) in [7, 11) is 2.17. The molecule has 6 heteroatoms. The van der Waals surface area contributed by atoms with Gasteiger partial charge in [-0.1, -0.05) is 6.07 Å². The largest absolute Gasteiger partial charge is 0.472 e. The summed E-state index contributed by atoms with van der Waals surface area (Å²) in [5.74, 6) is 3.18. The Morgan fingerprint density at radius 2 is 1.87 bits per heavy atom. The van der Waals surface area contributed by atoms with Crippen molar-refractivity contribution in [1.29, 1.82) is 0 Å². The van der Waals surface area contributed by atoms with Crippen LogP contribution in [-0.2, 0) is 6.61 Å². The lowest BCUT2D eigenvalue weighted by Gasteiger charge is -2.36. The lowest BCUT2D eigenvalue weighted by molar-refractivity contribution is 0.289. The molecule has 3 aliphatic heterocycles. The van der Waals surface area contributed by atoms with Gasteiger partial charge in [0.05, 0.1) is 6.20 Å². The number of piperidine rings is 1. The highest BCUT2D eigenvalue weighted by atomic mass is 16.5. The second kappa shape index (κ2) is 6.84. The van der Waals surface area contributed by atoms with E-state index in [0.29, 0.717) is 30.6 Å². The van der Waals surface area contributed by atoms with Crippen LogP contribution >= 0.6 is 0 Å². The molecular formula is C24H26N4O2. The first-order valence-electron chi connectivity index (χ1n) is 10.8. The van der Waals surface area contributed by atoms with E-state index in [1.165, 1.54) is 31.2 Å². The summed E-state index contributed by atoms with van der Waals surface area (Å²) in [5.41, 5.74) is 4.33. The molecule has 2 fully saturated rings. The number of fused-ring (bicyclic) bond motifs is 5. The number of pyridine rings is 1. The molecule has 154 valence electrons. The third-order valence-corrected chi connectivity index (χ3v) is 6.83. The van der Waals surface area contributed by atoms with Crippen molar-refractivity contribution in [3.05, 3.63) is 47.9 Å². The second-order valence-electron chi connectivity index (χ2n) is 8.83. The van der Waals surface area contributed by atoms with Crippen molar-refractivity contribution in [2.75, 3.05) is 11.9 Å². The van der Waals surface area contributed by atoms with Gasteiger partial charge in [-0.15, -0.1) is 0 Å². The highest BCUT2D eigenvalue weighted by molar-refractivity contribution is 5.77. The maximum atomic E-state index is 6.08. The third-order valence-electron chi connectivity index (χ3n) is 6.83. The minimum atomic E-state index is 0.507. The van der Waals surface area contributed by atoms with E-state index in [4.69, 9.17) is 14.1 Å². The van der Waals surface area contributed by atoms with E-state index in [0.717, 1.165) is 34.1 Å². The number of rotatable bonds is 3. The monoisotopic (exact) mass is 402 g/mol. The van der Waals surface area contributed by atoms with E-state index < -0.39 is 0 Å². The lowest BCUT2D eigenvalue weighted by Crippen LogP contribution is -2.47. The first kappa shape index (κ1) is 18.0. The van der Waals surface area contributed by atoms with Crippen molar-refractivity contribution in [1.82, 2.24) is 15.3 Å². The van der Waals surface area contributed by atoms with Crippen LogP contribution in [0, 0.1) is 6.92 Å². The van der Waals surface area contributed by atoms with Gasteiger partial charge in [-0.05, 0) is 68.0 Å². The summed E-state index contributed by atoms with van der Waals surface area (Å²) in [5, 5.41) is 3.72. The number of hydrogen-bond acceptors (Lipinski definition) is 6. The zero-order chi connectivity index (χ0) is 20.2. The Bertz CT molecular complexity index is 1100. The van der Waals surface area contributed by atoms with Crippen LogP contribution in [0.25, 0.3) is 22.6 Å². The Morgan fingerprint density at radius 1 is 1.07 bits per heavy atom. The predicted octanol–water partition coefficient (Wildman–Crippen LogP) is 4.32. The van der Waals surface area contributed by atoms with Gasteiger partial charge >= 0.3 is 0 Å². The minimum absolute atomic E-state index is 0.507. The molecule has 0 radical (unpaired) electrons. The van der Waals surface area contributed by atoms with Crippen LogP contribution in [0.1, 0.15) is 37.0 Å². The molecule has 0 amide bonds. The Kier molecular flexibility index (Phi) is 4.09. The Morgan fingerprint density at radius 3 is 2.63 bits per heavy atom. The molecule has 1 aromatic carbocycles. The average Bonchev–Trinajstić information content (AvgIpc) is 3.36. The minimum Gasteiger partial charge on any atom is -0.472 e. The molecule has 0 spiro atoms. The molecule has 5 heterocycles. The maximum absolute atomic E-state index is 6.08. The van der Waals surface area contributed by atoms with E-state index in [-0.39, 0.29) is 0 Å². The molecule has 2 atom stereocenters. The second-order valence-corrected chi connectivity index (χ2v) is 8.83. The Balaban J connectivity index is 1.28. The number of nitrogens with zero attached hydrogens (tertiary/aromatic N) is 3. The summed E-state index contributed by atoms with van der Waals surface area (Å²) < 4.78 is 11.8. The SMILES string of the molecule is Cc1cnc(-c2ccc3c(c2)COc2nc(N(C)C4CC5CCC(C4)N5)ccc2-3)o1. The van der Waals surface area contributed by atoms with Gasteiger partial charge in [0.1, 0.15) is 18.2 Å². The van der Waals surface area contributed by atoms with E-state index in [1.807, 2.05) is 6.92 Å². The standard InChI is InChI=1S/C24H26N4O2/c1-14-12-25-23(30-14)15-3-6-20-16(9-15)13-29-24-21(20)7-8-22(27-24)28(2)19-10-17-4-5-18(11-19)26-17/h3,6-9,12,17-19,26H,4-5,10-11,13H2,1-2H3. The van der Waals surface area contributed by atoms with Gasteiger partial charge in [-0.3, -0.25) is 0 Å². The van der Waals surface area contributed by atoms with Crippen LogP contribution < -0.4 is 15.0 Å². The van der Waals surface area contributed by atoms with Gasteiger partial charge in [0.2, 0.25) is 11.8 Å². The smallest absolute Gasteiger partial charge is 0.226 e. The molecule has 3 aromatic rings. The normalized spacial score (nSPS) is 24.1. The molecule has 2 aromatic heterocycles. The van der Waals surface area contributed by atoms with Crippen molar-refractivity contribution >= 4 is 5.82 Å². The molecule has 0 aliphatic carbocycles. The maximum Gasteiger partial charge on any atom is 0.226 e. The van der Waals surface area contributed by atoms with E-state index in [1.54, 1.807) is 6.20 Å². The molecule has 0 saturated carbocycles. The molecule has 30 heavy (non-hydrogen) atoms. The molecule has 3 aliphatic rings. The van der Waals surface area contributed by atoms with Crippen molar-refractivity contribution in [3.63, 3.8) is 0 Å². The highest BCUT2D eigenvalue weighted by Gasteiger charge is 2.35. The summed E-state index contributed by atoms with van der Waals surface area (Å²) >= 11 is 0. The van der Waals surface area contributed by atoms with Gasteiger partial charge in [0.15, 0.2) is 0 Å². The van der Waals surface area contributed by atoms with Crippen LogP contribution in [0.3, 0.4) is 0 Å². The number of benzene rings is 1. The fraction of sp³-hybridized carbons (Fsp3) is 0.417. The van der Waals surface area contributed by atoms with Gasteiger partial charge in [0.25, 0.3) is 0 Å². The summed E-state index contributed by atoms with van der Waals surface area (Å²) in [6.07, 6.45) is 6.75. The van der Waals surface area contributed by atoms with Gasteiger partial charge in [-0.2, -0.15) is 4.98 Å². The van der Waals surface area contributed by atoms with Crippen LogP contribution in [-0.4, -0.2) is 35.1 Å². The fourth-order valence-electron chi connectivity index (χ4n) is 5.22. The van der Waals surface area contributed by atoms with Crippen LogP contribution in [0.5, 0.6) is 5.88 Å². The first-order chi connectivity index (χ1) is 14.6. The van der Waals surface area contributed by atoms with Gasteiger partial charge in [0, 0.05) is 36.3 Å². The molecule has 6 rings (SSSR count). The van der Waals surface area contributed by atoms with Gasteiger partial charge in [-0.25, -0.2) is 4.98 Å². The summed E-state index contributed by atoms with van der Waals surface area (Å²) in [6.45, 7) is 2.41. The predicted molar refractivity (Wildman–Crippen MR) is 116 cm³/mol. The fourth-order valence-corrected chi connectivity index (χ4v) is 5.22. The van der Waals surface area contributed by atoms with Crippen molar-refractivity contribution < 1.29 is 9.15 Å². The summed E-state index contributed by atoms with van der Waals surface area (Å²) in [6, 6.07) is 12.4. The van der Waals surface area contributed by atoms with Crippen LogP contribution in [0.2, 0.25) is 0 Å². The van der Waals surface area contributed by atoms with Crippen LogP contribution in [0.15, 0.2) is 40.9 Å². The van der Waals surface area contributed by atoms with Crippen molar-refractivity contribution in [2.45, 2.75) is 57.3 Å². The van der Waals surface area contributed by atoms with Gasteiger partial charge < -0.3 is 19.4 Å². The van der Waals surface area contributed by atoms with Crippen molar-refractivity contribution in [3.8, 4) is 28.5 Å². The number of aryl methyl sites for hydroxylation is 1. The quantitative estimate of drug-likeness (QED) is 0.704. The number of oxazole rings is 1. The molecule has 2 unspecified atom stereocenters. The molecule has 2 saturated heterocycles. The number of nitrogens with one attached hydrogen (secondary N) is 1. The molecule has 6 nitrogen and oxygen atoms in total. The van der Waals surface area contributed by atoms with Crippen LogP contribution in [0.4, 0.5) is 5.82 Å². The molecule has 1 N–H and O–H groups in total. The topological polar surface area (TPSA) is 63.4 Å². The summed E-state index contributed by atoms with van der Waals surface area (Å²) in [4.78, 5) is 11.6. The van der Waals surface area contributed by atoms with E-state index in [9.17, 15) is 0 Å². The number of anilines is 1. The lowest BCUT2D eigenvalue weighted by atomic mass is 9.96. The third kappa shape index (κ3) is 2.98. The highest BCUT2D eigenvalue weighted by Crippen LogP contribution is 2.40. The Hall–Kier alpha value is -2.86. The molecular weight excluding hydrogens is 376 g/mol. The van der Waals surface area contributed by atoms with Crippen molar-refractivity contribution in [2.24, 2.45) is 0 Å². The zero-order valence-electron chi connectivity index (χ0n) is 17.4. The van der Waals surface area contributed by atoms with E-state index >= 15 is 0 Å². The zero-order valence-corrected chi connectivity index (χ0v) is 17.4. The number of aromatic nitrogens is 2. The average molecular weight is 402 g/mol. The Labute approximate surface area is 176 Å². The molecule has 2 bridgehead atoms. The van der Waals surface area contributed by atoms with E-state index in [2.05, 4.69) is 52.6 Å². The first-order valence-corrected chi connectivity index (χ1v) is 10.8.